The predicted molar refractivity (Wildman–Crippen MR) is 127 cm³/mol. The number of anilines is 1. The molecule has 5 N–H and O–H groups in total. The Morgan fingerprint density at radius 1 is 1.12 bits per heavy atom. The van der Waals surface area contributed by atoms with Crippen molar-refractivity contribution in [3.05, 3.63) is 60.0 Å². The molecule has 0 spiro atoms. The van der Waals surface area contributed by atoms with E-state index in [-0.39, 0.29) is 0 Å². The predicted octanol–water partition coefficient (Wildman–Crippen LogP) is 3.43. The number of hydrogen-bond donors (Lipinski definition) is 3. The molecule has 0 saturated heterocycles. The van der Waals surface area contributed by atoms with Gasteiger partial charge in [-0.05, 0) is 62.3 Å². The molecule has 5 rings (SSSR count). The van der Waals surface area contributed by atoms with Gasteiger partial charge in [-0.2, -0.15) is 5.10 Å². The fourth-order valence-electron chi connectivity index (χ4n) is 4.11. The smallest absolute Gasteiger partial charge is 0.166 e. The summed E-state index contributed by atoms with van der Waals surface area (Å²) in [4.78, 5) is 4.33. The molecule has 33 heavy (non-hydrogen) atoms. The minimum absolute atomic E-state index is 0.314. The van der Waals surface area contributed by atoms with Crippen LogP contribution in [0.2, 0.25) is 0 Å². The van der Waals surface area contributed by atoms with E-state index in [1.807, 2.05) is 41.2 Å². The van der Waals surface area contributed by atoms with Crippen molar-refractivity contribution in [1.82, 2.24) is 14.8 Å². The molecule has 2 saturated carbocycles. The number of nitrogens with zero attached hydrogens (tertiary/aromatic N) is 3. The summed E-state index contributed by atoms with van der Waals surface area (Å²) < 4.78 is 8.05. The molecule has 0 bridgehead atoms. The van der Waals surface area contributed by atoms with Crippen LogP contribution in [0.3, 0.4) is 0 Å². The molecule has 0 aliphatic heterocycles. The van der Waals surface area contributed by atoms with E-state index in [1.165, 1.54) is 0 Å². The van der Waals surface area contributed by atoms with E-state index in [1.54, 1.807) is 6.20 Å². The number of pyridine rings is 1. The fraction of sp³-hybridized carbons (Fsp3) is 0.385. The van der Waals surface area contributed by atoms with E-state index in [4.69, 9.17) is 16.2 Å². The molecule has 170 valence electrons. The lowest BCUT2D eigenvalue weighted by Gasteiger charge is -2.26. The molecule has 0 amide bonds. The minimum Gasteiger partial charge on any atom is -0.485 e. The normalized spacial score (nSPS) is 21.2. The standard InChI is InChI=1S/C26H29N5O2/c27-22-4-6-23(7-5-22)31-16-21(15-30-31)20-13-24(25(28)29-14-20)33-17-19-3-1-2-18(12-19)8-9-26(32)10-11-26/h1-3,12-16,22-23,32H,4-7,10-11,17,27H2,(H2,28,29). The molecular formula is C26H29N5O2. The first-order valence-electron chi connectivity index (χ1n) is 11.5. The van der Waals surface area contributed by atoms with Crippen molar-refractivity contribution in [2.75, 3.05) is 5.73 Å². The summed E-state index contributed by atoms with van der Waals surface area (Å²) in [6.07, 6.45) is 11.4. The summed E-state index contributed by atoms with van der Waals surface area (Å²) >= 11 is 0. The summed E-state index contributed by atoms with van der Waals surface area (Å²) in [6.45, 7) is 0.344. The molecule has 0 atom stereocenters. The quantitative estimate of drug-likeness (QED) is 0.521. The molecule has 2 aromatic heterocycles. The Balaban J connectivity index is 1.27. The molecule has 7 nitrogen and oxygen atoms in total. The Labute approximate surface area is 193 Å². The van der Waals surface area contributed by atoms with Crippen LogP contribution < -0.4 is 16.2 Å². The zero-order chi connectivity index (χ0) is 22.8. The molecule has 0 unspecified atom stereocenters. The number of ether oxygens (including phenoxy) is 1. The summed E-state index contributed by atoms with van der Waals surface area (Å²) in [5.41, 5.74) is 15.0. The van der Waals surface area contributed by atoms with E-state index < -0.39 is 5.60 Å². The Kier molecular flexibility index (Phi) is 5.79. The highest BCUT2D eigenvalue weighted by molar-refractivity contribution is 5.65. The van der Waals surface area contributed by atoms with Crippen LogP contribution >= 0.6 is 0 Å². The minimum atomic E-state index is -0.787. The van der Waals surface area contributed by atoms with Crippen LogP contribution in [0.1, 0.15) is 55.7 Å². The highest BCUT2D eigenvalue weighted by Crippen LogP contribution is 2.34. The zero-order valence-electron chi connectivity index (χ0n) is 18.6. The maximum Gasteiger partial charge on any atom is 0.166 e. The summed E-state index contributed by atoms with van der Waals surface area (Å²) in [5, 5.41) is 14.5. The van der Waals surface area contributed by atoms with Crippen molar-refractivity contribution in [3.8, 4) is 28.7 Å². The Hall–Kier alpha value is -3.34. The van der Waals surface area contributed by atoms with E-state index in [0.29, 0.717) is 30.3 Å². The van der Waals surface area contributed by atoms with Crippen LogP contribution in [-0.4, -0.2) is 31.5 Å². The van der Waals surface area contributed by atoms with Crippen molar-refractivity contribution >= 4 is 5.82 Å². The second-order valence-corrected chi connectivity index (χ2v) is 9.16. The van der Waals surface area contributed by atoms with Crippen molar-refractivity contribution < 1.29 is 9.84 Å². The number of rotatable bonds is 5. The van der Waals surface area contributed by atoms with E-state index >= 15 is 0 Å². The van der Waals surface area contributed by atoms with Gasteiger partial charge >= 0.3 is 0 Å². The van der Waals surface area contributed by atoms with Crippen LogP contribution in [-0.2, 0) is 6.61 Å². The maximum atomic E-state index is 9.92. The molecule has 2 heterocycles. The SMILES string of the molecule is Nc1ncc(-c2cnn(C3CCC(N)CC3)c2)cc1OCc1cccc(C#CC2(O)CC2)c1. The van der Waals surface area contributed by atoms with Gasteiger partial charge in [0, 0.05) is 35.1 Å². The highest BCUT2D eigenvalue weighted by atomic mass is 16.5. The lowest BCUT2D eigenvalue weighted by Crippen LogP contribution is -2.27. The number of nitrogen functional groups attached to an aromatic ring is 1. The number of hydrogen-bond acceptors (Lipinski definition) is 6. The molecule has 2 aliphatic carbocycles. The summed E-state index contributed by atoms with van der Waals surface area (Å²) in [7, 11) is 0. The van der Waals surface area contributed by atoms with Crippen molar-refractivity contribution in [2.24, 2.45) is 5.73 Å². The molecule has 3 aromatic rings. The Morgan fingerprint density at radius 3 is 2.73 bits per heavy atom. The summed E-state index contributed by atoms with van der Waals surface area (Å²) in [5.74, 6) is 6.87. The molecule has 0 radical (unpaired) electrons. The number of aromatic nitrogens is 3. The highest BCUT2D eigenvalue weighted by Gasteiger charge is 2.38. The van der Waals surface area contributed by atoms with Crippen LogP contribution in [0, 0.1) is 11.8 Å². The Morgan fingerprint density at radius 2 is 1.94 bits per heavy atom. The average molecular weight is 444 g/mol. The van der Waals surface area contributed by atoms with Crippen LogP contribution in [0.4, 0.5) is 5.82 Å². The van der Waals surface area contributed by atoms with Crippen molar-refractivity contribution in [2.45, 2.75) is 62.8 Å². The molecule has 7 heteroatoms. The molecule has 2 fully saturated rings. The third kappa shape index (κ3) is 5.19. The van der Waals surface area contributed by atoms with E-state index in [9.17, 15) is 5.11 Å². The molecule has 1 aromatic carbocycles. The third-order valence-corrected chi connectivity index (χ3v) is 6.42. The average Bonchev–Trinajstić information content (AvgIpc) is 3.36. The second-order valence-electron chi connectivity index (χ2n) is 9.16. The topological polar surface area (TPSA) is 112 Å². The first-order valence-corrected chi connectivity index (χ1v) is 11.5. The lowest BCUT2D eigenvalue weighted by molar-refractivity contribution is 0.212. The first kappa shape index (κ1) is 21.5. The molecular weight excluding hydrogens is 414 g/mol. The molecule has 2 aliphatic rings. The van der Waals surface area contributed by atoms with Gasteiger partial charge in [0.05, 0.1) is 12.2 Å². The Bertz CT molecular complexity index is 1200. The van der Waals surface area contributed by atoms with Gasteiger partial charge in [-0.1, -0.05) is 24.0 Å². The fourth-order valence-corrected chi connectivity index (χ4v) is 4.11. The zero-order valence-corrected chi connectivity index (χ0v) is 18.6. The van der Waals surface area contributed by atoms with Crippen LogP contribution in [0.5, 0.6) is 5.75 Å². The number of nitrogens with two attached hydrogens (primary N) is 2. The number of benzene rings is 1. The summed E-state index contributed by atoms with van der Waals surface area (Å²) in [6, 6.07) is 10.4. The number of aliphatic hydroxyl groups is 1. The largest absolute Gasteiger partial charge is 0.485 e. The first-order chi connectivity index (χ1) is 16.0. The lowest BCUT2D eigenvalue weighted by atomic mass is 9.92. The van der Waals surface area contributed by atoms with Gasteiger partial charge in [0.15, 0.2) is 11.6 Å². The van der Waals surface area contributed by atoms with E-state index in [2.05, 4.69) is 28.1 Å². The van der Waals surface area contributed by atoms with Gasteiger partial charge in [0.1, 0.15) is 12.2 Å². The van der Waals surface area contributed by atoms with Gasteiger partial charge in [0.25, 0.3) is 0 Å². The van der Waals surface area contributed by atoms with Crippen LogP contribution in [0.25, 0.3) is 11.1 Å². The van der Waals surface area contributed by atoms with Crippen molar-refractivity contribution in [3.63, 3.8) is 0 Å². The maximum absolute atomic E-state index is 9.92. The van der Waals surface area contributed by atoms with Crippen molar-refractivity contribution in [1.29, 1.82) is 0 Å². The second kappa shape index (κ2) is 8.89. The van der Waals surface area contributed by atoms with Gasteiger partial charge in [0.2, 0.25) is 0 Å². The monoisotopic (exact) mass is 443 g/mol. The van der Waals surface area contributed by atoms with Gasteiger partial charge in [-0.3, -0.25) is 4.68 Å². The van der Waals surface area contributed by atoms with Gasteiger partial charge in [-0.25, -0.2) is 4.98 Å². The third-order valence-electron chi connectivity index (χ3n) is 6.42. The van der Waals surface area contributed by atoms with Crippen LogP contribution in [0.15, 0.2) is 48.9 Å². The van der Waals surface area contributed by atoms with E-state index in [0.717, 1.165) is 60.8 Å². The van der Waals surface area contributed by atoms with Gasteiger partial charge in [-0.15, -0.1) is 0 Å². The van der Waals surface area contributed by atoms with Gasteiger partial charge < -0.3 is 21.3 Å².